The third kappa shape index (κ3) is 4.35. The first-order valence-electron chi connectivity index (χ1n) is 6.44. The van der Waals surface area contributed by atoms with E-state index in [1.54, 1.807) is 19.1 Å². The number of ether oxygens (including phenoxy) is 1. The summed E-state index contributed by atoms with van der Waals surface area (Å²) in [6.45, 7) is 4.02. The number of carbonyl (C=O) groups is 2. The van der Waals surface area contributed by atoms with Gasteiger partial charge in [-0.1, -0.05) is 29.0 Å². The van der Waals surface area contributed by atoms with Gasteiger partial charge in [0.1, 0.15) is 5.01 Å². The minimum atomic E-state index is -0.356. The van der Waals surface area contributed by atoms with E-state index in [0.29, 0.717) is 22.3 Å². The molecule has 110 valence electrons. The maximum absolute atomic E-state index is 12.0. The van der Waals surface area contributed by atoms with Gasteiger partial charge >= 0.3 is 5.97 Å². The molecule has 7 heteroatoms. The lowest BCUT2D eigenvalue weighted by Gasteiger charge is -2.01. The smallest absolute Gasteiger partial charge is 0.312 e. The number of hydrogen-bond donors (Lipinski definition) is 1. The van der Waals surface area contributed by atoms with Crippen LogP contribution in [-0.4, -0.2) is 28.7 Å². The number of esters is 1. The van der Waals surface area contributed by atoms with Crippen LogP contribution < -0.4 is 5.32 Å². The molecular formula is C14H15N3O3S. The highest BCUT2D eigenvalue weighted by Crippen LogP contribution is 2.17. The molecule has 0 aliphatic rings. The molecular weight excluding hydrogens is 290 g/mol. The van der Waals surface area contributed by atoms with Crippen molar-refractivity contribution in [2.24, 2.45) is 0 Å². The van der Waals surface area contributed by atoms with Gasteiger partial charge in [0.15, 0.2) is 0 Å². The first-order valence-corrected chi connectivity index (χ1v) is 7.26. The lowest BCUT2D eigenvalue weighted by molar-refractivity contribution is -0.142. The minimum Gasteiger partial charge on any atom is -0.466 e. The molecule has 21 heavy (non-hydrogen) atoms. The van der Waals surface area contributed by atoms with E-state index >= 15 is 0 Å². The molecule has 2 rings (SSSR count). The van der Waals surface area contributed by atoms with Gasteiger partial charge < -0.3 is 4.74 Å². The molecule has 1 aromatic heterocycles. The topological polar surface area (TPSA) is 81.2 Å². The number of aryl methyl sites for hydroxylation is 1. The van der Waals surface area contributed by atoms with Crippen LogP contribution in [0.1, 0.15) is 27.9 Å². The van der Waals surface area contributed by atoms with E-state index < -0.39 is 0 Å². The third-order valence-corrected chi connectivity index (χ3v) is 3.44. The summed E-state index contributed by atoms with van der Waals surface area (Å²) in [6.07, 6.45) is 0.0614. The number of anilines is 1. The normalized spacial score (nSPS) is 10.2. The van der Waals surface area contributed by atoms with Gasteiger partial charge in [0.2, 0.25) is 5.13 Å². The Bertz CT molecular complexity index is 637. The SMILES string of the molecule is CCOC(=O)Cc1nnc(NC(=O)c2ccc(C)cc2)s1. The summed E-state index contributed by atoms with van der Waals surface area (Å²) >= 11 is 1.16. The van der Waals surface area contributed by atoms with Crippen molar-refractivity contribution >= 4 is 28.3 Å². The molecule has 0 bridgehead atoms. The van der Waals surface area contributed by atoms with Crippen LogP contribution in [0.15, 0.2) is 24.3 Å². The second-order valence-corrected chi connectivity index (χ2v) is 5.36. The predicted octanol–water partition coefficient (Wildman–Crippen LogP) is 2.20. The van der Waals surface area contributed by atoms with E-state index in [4.69, 9.17) is 4.74 Å². The maximum Gasteiger partial charge on any atom is 0.312 e. The van der Waals surface area contributed by atoms with Crippen LogP contribution in [0, 0.1) is 6.92 Å². The average Bonchev–Trinajstić information content (AvgIpc) is 2.86. The van der Waals surface area contributed by atoms with Crippen molar-refractivity contribution in [3.63, 3.8) is 0 Å². The minimum absolute atomic E-state index is 0.0614. The number of nitrogens with zero attached hydrogens (tertiary/aromatic N) is 2. The Hall–Kier alpha value is -2.28. The van der Waals surface area contributed by atoms with Crippen LogP contribution in [0.2, 0.25) is 0 Å². The van der Waals surface area contributed by atoms with Crippen molar-refractivity contribution in [3.8, 4) is 0 Å². The number of aromatic nitrogens is 2. The van der Waals surface area contributed by atoms with E-state index in [9.17, 15) is 9.59 Å². The van der Waals surface area contributed by atoms with Gasteiger partial charge in [0.25, 0.3) is 5.91 Å². The van der Waals surface area contributed by atoms with E-state index in [1.807, 2.05) is 19.1 Å². The fourth-order valence-corrected chi connectivity index (χ4v) is 2.31. The van der Waals surface area contributed by atoms with Crippen LogP contribution in [-0.2, 0) is 16.0 Å². The fourth-order valence-electron chi connectivity index (χ4n) is 1.59. The first-order chi connectivity index (χ1) is 10.1. The highest BCUT2D eigenvalue weighted by molar-refractivity contribution is 7.15. The van der Waals surface area contributed by atoms with Crippen molar-refractivity contribution in [1.82, 2.24) is 10.2 Å². The van der Waals surface area contributed by atoms with E-state index in [-0.39, 0.29) is 18.3 Å². The quantitative estimate of drug-likeness (QED) is 0.856. The Morgan fingerprint density at radius 3 is 2.62 bits per heavy atom. The lowest BCUT2D eigenvalue weighted by Crippen LogP contribution is -2.11. The van der Waals surface area contributed by atoms with Crippen LogP contribution in [0.5, 0.6) is 0 Å². The zero-order valence-corrected chi connectivity index (χ0v) is 12.6. The predicted molar refractivity (Wildman–Crippen MR) is 79.4 cm³/mol. The van der Waals surface area contributed by atoms with Gasteiger partial charge in [0, 0.05) is 5.56 Å². The maximum atomic E-state index is 12.0. The van der Waals surface area contributed by atoms with Crippen molar-refractivity contribution in [2.45, 2.75) is 20.3 Å². The molecule has 1 aromatic carbocycles. The summed E-state index contributed by atoms with van der Waals surface area (Å²) in [5.74, 6) is -0.612. The number of benzene rings is 1. The molecule has 0 aliphatic carbocycles. The third-order valence-electron chi connectivity index (χ3n) is 2.60. The number of rotatable bonds is 5. The van der Waals surface area contributed by atoms with Gasteiger partial charge in [-0.2, -0.15) is 0 Å². The molecule has 1 N–H and O–H groups in total. The average molecular weight is 305 g/mol. The zero-order valence-electron chi connectivity index (χ0n) is 11.8. The molecule has 2 aromatic rings. The Morgan fingerprint density at radius 1 is 1.24 bits per heavy atom. The fraction of sp³-hybridized carbons (Fsp3) is 0.286. The molecule has 0 unspecified atom stereocenters. The largest absolute Gasteiger partial charge is 0.466 e. The van der Waals surface area contributed by atoms with Crippen LogP contribution in [0.4, 0.5) is 5.13 Å². The van der Waals surface area contributed by atoms with Gasteiger partial charge in [0.05, 0.1) is 13.0 Å². The summed E-state index contributed by atoms with van der Waals surface area (Å²) in [5, 5.41) is 11.2. The van der Waals surface area contributed by atoms with E-state index in [1.165, 1.54) is 0 Å². The summed E-state index contributed by atoms with van der Waals surface area (Å²) < 4.78 is 4.83. The second kappa shape index (κ2) is 6.94. The molecule has 1 heterocycles. The summed E-state index contributed by atoms with van der Waals surface area (Å²) in [5.41, 5.74) is 1.63. The first kappa shape index (κ1) is 15.1. The van der Waals surface area contributed by atoms with Crippen LogP contribution >= 0.6 is 11.3 Å². The Kier molecular flexibility index (Phi) is 4.99. The van der Waals surface area contributed by atoms with Crippen molar-refractivity contribution in [1.29, 1.82) is 0 Å². The summed E-state index contributed by atoms with van der Waals surface area (Å²) in [6, 6.07) is 7.21. The molecule has 0 radical (unpaired) electrons. The Labute approximate surface area is 126 Å². The van der Waals surface area contributed by atoms with Crippen LogP contribution in [0.3, 0.4) is 0 Å². The Morgan fingerprint density at radius 2 is 1.95 bits per heavy atom. The molecule has 0 saturated heterocycles. The number of carbonyl (C=O) groups excluding carboxylic acids is 2. The van der Waals surface area contributed by atoms with Gasteiger partial charge in [-0.25, -0.2) is 0 Å². The highest BCUT2D eigenvalue weighted by Gasteiger charge is 2.12. The van der Waals surface area contributed by atoms with Crippen molar-refractivity contribution in [3.05, 3.63) is 40.4 Å². The molecule has 6 nitrogen and oxygen atoms in total. The number of hydrogen-bond acceptors (Lipinski definition) is 6. The summed E-state index contributed by atoms with van der Waals surface area (Å²) in [7, 11) is 0. The molecule has 0 fully saturated rings. The number of amides is 1. The van der Waals surface area contributed by atoms with E-state index in [2.05, 4.69) is 15.5 Å². The molecule has 0 saturated carbocycles. The van der Waals surface area contributed by atoms with Gasteiger partial charge in [-0.05, 0) is 26.0 Å². The van der Waals surface area contributed by atoms with Crippen molar-refractivity contribution < 1.29 is 14.3 Å². The molecule has 0 aliphatic heterocycles. The van der Waals surface area contributed by atoms with E-state index in [0.717, 1.165) is 16.9 Å². The molecule has 1 amide bonds. The molecule has 0 atom stereocenters. The highest BCUT2D eigenvalue weighted by atomic mass is 32.1. The standard InChI is InChI=1S/C14H15N3O3S/c1-3-20-12(18)8-11-16-17-14(21-11)15-13(19)10-6-4-9(2)5-7-10/h4-7H,3,8H2,1-2H3,(H,15,17,19). The Balaban J connectivity index is 1.97. The zero-order chi connectivity index (χ0) is 15.2. The van der Waals surface area contributed by atoms with Gasteiger partial charge in [-0.3, -0.25) is 14.9 Å². The monoisotopic (exact) mass is 305 g/mol. The van der Waals surface area contributed by atoms with Crippen LogP contribution in [0.25, 0.3) is 0 Å². The second-order valence-electron chi connectivity index (χ2n) is 4.30. The number of nitrogens with one attached hydrogen (secondary N) is 1. The molecule has 0 spiro atoms. The van der Waals surface area contributed by atoms with Crippen molar-refractivity contribution in [2.75, 3.05) is 11.9 Å². The van der Waals surface area contributed by atoms with Gasteiger partial charge in [-0.15, -0.1) is 10.2 Å². The summed E-state index contributed by atoms with van der Waals surface area (Å²) in [4.78, 5) is 23.3. The lowest BCUT2D eigenvalue weighted by atomic mass is 10.1.